The molecule has 2 heteroatoms. The minimum Gasteiger partial charge on any atom is -0.507 e. The first-order valence-electron chi connectivity index (χ1n) is 4.07. The number of aromatic hydroxyl groups is 1. The highest BCUT2D eigenvalue weighted by Gasteiger charge is 2.06. The largest absolute Gasteiger partial charge is 0.507 e. The minimum atomic E-state index is -0.376. The first kappa shape index (κ1) is 8.05. The summed E-state index contributed by atoms with van der Waals surface area (Å²) in [7, 11) is 0. The Hall–Kier alpha value is -1.57. The Morgan fingerprint density at radius 2 is 1.92 bits per heavy atom. The average Bonchev–Trinajstić information content (AvgIpc) is 2.12. The lowest BCUT2D eigenvalue weighted by Crippen LogP contribution is -1.82. The van der Waals surface area contributed by atoms with E-state index < -0.39 is 0 Å². The molecule has 0 aliphatic carbocycles. The number of aryl methyl sites for hydroxylation is 1. The quantitative estimate of drug-likeness (QED) is 0.654. The summed E-state index contributed by atoms with van der Waals surface area (Å²) in [5, 5.41) is 10.6. The molecule has 0 aliphatic heterocycles. The van der Waals surface area contributed by atoms with Crippen LogP contribution in [0.25, 0.3) is 10.8 Å². The van der Waals surface area contributed by atoms with Gasteiger partial charge >= 0.3 is 0 Å². The van der Waals surface area contributed by atoms with Crippen molar-refractivity contribution in [1.82, 2.24) is 0 Å². The smallest absolute Gasteiger partial charge is 0.134 e. The molecule has 0 radical (unpaired) electrons. The van der Waals surface area contributed by atoms with Crippen LogP contribution in [0.15, 0.2) is 30.3 Å². The third kappa shape index (κ3) is 1.15. The molecule has 0 unspecified atom stereocenters. The Morgan fingerprint density at radius 1 is 1.15 bits per heavy atom. The lowest BCUT2D eigenvalue weighted by atomic mass is 10.1. The SMILES string of the molecule is Cc1ccc2cccc(F)c2c1O. The maximum Gasteiger partial charge on any atom is 0.134 e. The van der Waals surface area contributed by atoms with Crippen molar-refractivity contribution in [3.63, 3.8) is 0 Å². The fourth-order valence-corrected chi connectivity index (χ4v) is 1.42. The van der Waals surface area contributed by atoms with E-state index in [0.29, 0.717) is 10.9 Å². The van der Waals surface area contributed by atoms with Crippen LogP contribution in [0.4, 0.5) is 4.39 Å². The van der Waals surface area contributed by atoms with E-state index in [1.165, 1.54) is 6.07 Å². The lowest BCUT2D eigenvalue weighted by molar-refractivity contribution is 0.474. The third-order valence-corrected chi connectivity index (χ3v) is 2.17. The fourth-order valence-electron chi connectivity index (χ4n) is 1.42. The Bertz CT molecular complexity index is 463. The van der Waals surface area contributed by atoms with Gasteiger partial charge in [-0.3, -0.25) is 0 Å². The van der Waals surface area contributed by atoms with Crippen molar-refractivity contribution in [3.8, 4) is 5.75 Å². The molecule has 0 heterocycles. The minimum absolute atomic E-state index is 0.0376. The van der Waals surface area contributed by atoms with E-state index in [2.05, 4.69) is 0 Å². The Kier molecular flexibility index (Phi) is 1.69. The van der Waals surface area contributed by atoms with Crippen molar-refractivity contribution >= 4 is 10.8 Å². The maximum atomic E-state index is 13.3. The molecule has 0 amide bonds. The molecular weight excluding hydrogens is 167 g/mol. The Morgan fingerprint density at radius 3 is 2.69 bits per heavy atom. The van der Waals surface area contributed by atoms with Crippen LogP contribution in [0.1, 0.15) is 5.56 Å². The topological polar surface area (TPSA) is 20.2 Å². The number of fused-ring (bicyclic) bond motifs is 1. The van der Waals surface area contributed by atoms with Crippen LogP contribution in [0.5, 0.6) is 5.75 Å². The van der Waals surface area contributed by atoms with Gasteiger partial charge < -0.3 is 5.11 Å². The van der Waals surface area contributed by atoms with Crippen molar-refractivity contribution in [2.45, 2.75) is 6.92 Å². The number of hydrogen-bond donors (Lipinski definition) is 1. The van der Waals surface area contributed by atoms with Crippen LogP contribution in [0, 0.1) is 12.7 Å². The van der Waals surface area contributed by atoms with E-state index in [0.717, 1.165) is 5.39 Å². The average molecular weight is 176 g/mol. The van der Waals surface area contributed by atoms with E-state index in [4.69, 9.17) is 0 Å². The summed E-state index contributed by atoms with van der Waals surface area (Å²) in [6.07, 6.45) is 0. The molecule has 0 bridgehead atoms. The molecule has 0 atom stereocenters. The van der Waals surface area contributed by atoms with Gasteiger partial charge in [0.15, 0.2) is 0 Å². The normalized spacial score (nSPS) is 10.6. The van der Waals surface area contributed by atoms with Gasteiger partial charge in [-0.25, -0.2) is 4.39 Å². The van der Waals surface area contributed by atoms with E-state index >= 15 is 0 Å². The van der Waals surface area contributed by atoms with Gasteiger partial charge in [-0.1, -0.05) is 24.3 Å². The summed E-state index contributed by atoms with van der Waals surface area (Å²) < 4.78 is 13.3. The van der Waals surface area contributed by atoms with Gasteiger partial charge in [-0.15, -0.1) is 0 Å². The summed E-state index contributed by atoms with van der Waals surface area (Å²) >= 11 is 0. The van der Waals surface area contributed by atoms with Gasteiger partial charge in [0.05, 0.1) is 5.39 Å². The van der Waals surface area contributed by atoms with Gasteiger partial charge in [0.25, 0.3) is 0 Å². The van der Waals surface area contributed by atoms with Gasteiger partial charge in [-0.2, -0.15) is 0 Å². The van der Waals surface area contributed by atoms with Crippen LogP contribution < -0.4 is 0 Å². The molecule has 1 N–H and O–H groups in total. The second-order valence-electron chi connectivity index (χ2n) is 3.07. The van der Waals surface area contributed by atoms with Crippen molar-refractivity contribution in [2.24, 2.45) is 0 Å². The molecule has 1 nitrogen and oxygen atoms in total. The molecule has 0 saturated heterocycles. The third-order valence-electron chi connectivity index (χ3n) is 2.17. The zero-order valence-electron chi connectivity index (χ0n) is 7.21. The maximum absolute atomic E-state index is 13.3. The van der Waals surface area contributed by atoms with Crippen LogP contribution >= 0.6 is 0 Å². The molecule has 2 aromatic rings. The van der Waals surface area contributed by atoms with Gasteiger partial charge in [-0.05, 0) is 23.9 Å². The standard InChI is InChI=1S/C11H9FO/c1-7-5-6-8-3-2-4-9(12)10(8)11(7)13/h2-6,13H,1H3. The molecule has 0 aromatic heterocycles. The molecule has 2 rings (SSSR count). The summed E-state index contributed by atoms with van der Waals surface area (Å²) in [5.74, 6) is -0.339. The highest BCUT2D eigenvalue weighted by Crippen LogP contribution is 2.29. The number of phenolic OH excluding ortho intramolecular Hbond substituents is 1. The number of rotatable bonds is 0. The molecule has 0 saturated carbocycles. The van der Waals surface area contributed by atoms with Gasteiger partial charge in [0, 0.05) is 0 Å². The van der Waals surface area contributed by atoms with Crippen molar-refractivity contribution in [2.75, 3.05) is 0 Å². The van der Waals surface area contributed by atoms with E-state index in [9.17, 15) is 9.50 Å². The van der Waals surface area contributed by atoms with Crippen LogP contribution in [0.3, 0.4) is 0 Å². The summed E-state index contributed by atoms with van der Waals surface area (Å²) in [6, 6.07) is 8.33. The monoisotopic (exact) mass is 176 g/mol. The number of benzene rings is 2. The van der Waals surface area contributed by atoms with Crippen LogP contribution in [0.2, 0.25) is 0 Å². The van der Waals surface area contributed by atoms with E-state index in [-0.39, 0.29) is 11.6 Å². The fraction of sp³-hybridized carbons (Fsp3) is 0.0909. The van der Waals surface area contributed by atoms with Crippen LogP contribution in [-0.2, 0) is 0 Å². The molecule has 2 aromatic carbocycles. The second-order valence-corrected chi connectivity index (χ2v) is 3.07. The zero-order chi connectivity index (χ0) is 9.42. The second kappa shape index (κ2) is 2.73. The molecule has 0 aliphatic rings. The first-order valence-corrected chi connectivity index (χ1v) is 4.07. The Labute approximate surface area is 75.4 Å². The summed E-state index contributed by atoms with van der Waals surface area (Å²) in [4.78, 5) is 0. The van der Waals surface area contributed by atoms with Crippen molar-refractivity contribution < 1.29 is 9.50 Å². The summed E-state index contributed by atoms with van der Waals surface area (Å²) in [5.41, 5.74) is 0.692. The Balaban J connectivity index is 2.97. The molecule has 13 heavy (non-hydrogen) atoms. The van der Waals surface area contributed by atoms with E-state index in [1.54, 1.807) is 31.2 Å². The first-order chi connectivity index (χ1) is 6.20. The highest BCUT2D eigenvalue weighted by atomic mass is 19.1. The van der Waals surface area contributed by atoms with Gasteiger partial charge in [0.1, 0.15) is 11.6 Å². The predicted molar refractivity (Wildman–Crippen MR) is 50.3 cm³/mol. The molecule has 0 spiro atoms. The molecular formula is C11H9FO. The lowest BCUT2D eigenvalue weighted by Gasteiger charge is -2.04. The van der Waals surface area contributed by atoms with E-state index in [1.807, 2.05) is 0 Å². The predicted octanol–water partition coefficient (Wildman–Crippen LogP) is 2.99. The molecule has 0 fully saturated rings. The van der Waals surface area contributed by atoms with Crippen molar-refractivity contribution in [3.05, 3.63) is 41.7 Å². The zero-order valence-corrected chi connectivity index (χ0v) is 7.21. The van der Waals surface area contributed by atoms with Gasteiger partial charge in [0.2, 0.25) is 0 Å². The highest BCUT2D eigenvalue weighted by molar-refractivity contribution is 5.89. The number of hydrogen-bond acceptors (Lipinski definition) is 1. The van der Waals surface area contributed by atoms with Crippen molar-refractivity contribution in [1.29, 1.82) is 0 Å². The molecule has 66 valence electrons. The number of halogens is 1. The number of phenols is 1. The van der Waals surface area contributed by atoms with Crippen LogP contribution in [-0.4, -0.2) is 5.11 Å². The summed E-state index contributed by atoms with van der Waals surface area (Å²) in [6.45, 7) is 1.75.